The Balaban J connectivity index is 0.00000400. The third-order valence-electron chi connectivity index (χ3n) is 2.87. The van der Waals surface area contributed by atoms with Crippen LogP contribution >= 0.6 is 24.0 Å². The van der Waals surface area contributed by atoms with Crippen molar-refractivity contribution >= 4 is 34.0 Å². The van der Waals surface area contributed by atoms with Gasteiger partial charge in [0.1, 0.15) is 5.75 Å². The van der Waals surface area contributed by atoms with Crippen LogP contribution in [0, 0.1) is 6.92 Å². The van der Waals surface area contributed by atoms with E-state index >= 15 is 0 Å². The van der Waals surface area contributed by atoms with Gasteiger partial charge in [0.2, 0.25) is 10.0 Å². The summed E-state index contributed by atoms with van der Waals surface area (Å²) in [4.78, 5) is 0.173. The first-order valence-electron chi connectivity index (χ1n) is 6.39. The summed E-state index contributed by atoms with van der Waals surface area (Å²) in [6.07, 6.45) is 0. The Labute approximate surface area is 137 Å². The molecule has 21 heavy (non-hydrogen) atoms. The summed E-state index contributed by atoms with van der Waals surface area (Å²) in [6.45, 7) is 6.70. The van der Waals surface area contributed by atoms with Crippen LogP contribution in [0.2, 0.25) is 5.02 Å². The maximum Gasteiger partial charge on any atom is 0.240 e. The molecule has 1 aromatic rings. The first-order valence-corrected chi connectivity index (χ1v) is 8.25. The quantitative estimate of drug-likeness (QED) is 0.786. The number of rotatable bonds is 7. The SMILES string of the molecule is CCN[C@H](C)CNS(=O)(=O)c1cc(Cl)c(OC)cc1C.Cl. The van der Waals surface area contributed by atoms with Crippen molar-refractivity contribution in [3.05, 3.63) is 22.7 Å². The Morgan fingerprint density at radius 1 is 1.38 bits per heavy atom. The first-order chi connectivity index (χ1) is 9.31. The van der Waals surface area contributed by atoms with Crippen molar-refractivity contribution in [3.8, 4) is 5.75 Å². The van der Waals surface area contributed by atoms with Gasteiger partial charge in [0.25, 0.3) is 0 Å². The summed E-state index contributed by atoms with van der Waals surface area (Å²) >= 11 is 5.99. The molecule has 0 bridgehead atoms. The van der Waals surface area contributed by atoms with Gasteiger partial charge in [0, 0.05) is 12.6 Å². The summed E-state index contributed by atoms with van der Waals surface area (Å²) < 4.78 is 32.2. The minimum atomic E-state index is -3.58. The Morgan fingerprint density at radius 3 is 2.52 bits per heavy atom. The number of halogens is 2. The fourth-order valence-corrected chi connectivity index (χ4v) is 3.50. The molecule has 0 saturated carbocycles. The summed E-state index contributed by atoms with van der Waals surface area (Å²) in [5.74, 6) is 0.462. The zero-order valence-corrected chi connectivity index (χ0v) is 15.0. The van der Waals surface area contributed by atoms with Gasteiger partial charge in [0.05, 0.1) is 17.0 Å². The Bertz CT molecular complexity index is 565. The molecule has 5 nitrogen and oxygen atoms in total. The van der Waals surface area contributed by atoms with Gasteiger partial charge in [-0.3, -0.25) is 0 Å². The first kappa shape index (κ1) is 20.5. The summed E-state index contributed by atoms with van der Waals surface area (Å²) in [7, 11) is -2.09. The minimum Gasteiger partial charge on any atom is -0.495 e. The summed E-state index contributed by atoms with van der Waals surface area (Å²) in [5.41, 5.74) is 0.592. The van der Waals surface area contributed by atoms with Crippen LogP contribution in [0.1, 0.15) is 19.4 Å². The summed E-state index contributed by atoms with van der Waals surface area (Å²) in [6, 6.07) is 3.09. The number of benzene rings is 1. The molecule has 0 heterocycles. The molecule has 1 rings (SSSR count). The lowest BCUT2D eigenvalue weighted by Crippen LogP contribution is -2.38. The molecule has 0 aliphatic heterocycles. The predicted octanol–water partition coefficient (Wildman–Crippen LogP) is 2.36. The summed E-state index contributed by atoms with van der Waals surface area (Å²) in [5, 5.41) is 3.42. The molecule has 0 spiro atoms. The van der Waals surface area contributed by atoms with Gasteiger partial charge >= 0.3 is 0 Å². The van der Waals surface area contributed by atoms with Crippen molar-refractivity contribution in [1.29, 1.82) is 0 Å². The molecule has 0 aromatic heterocycles. The predicted molar refractivity (Wildman–Crippen MR) is 88.3 cm³/mol. The second kappa shape index (κ2) is 8.80. The average molecular weight is 357 g/mol. The lowest BCUT2D eigenvalue weighted by Gasteiger charge is -2.15. The van der Waals surface area contributed by atoms with E-state index in [0.717, 1.165) is 6.54 Å². The maximum absolute atomic E-state index is 12.3. The third-order valence-corrected chi connectivity index (χ3v) is 4.73. The molecule has 0 fully saturated rings. The van der Waals surface area contributed by atoms with Gasteiger partial charge in [-0.2, -0.15) is 0 Å². The van der Waals surface area contributed by atoms with Crippen molar-refractivity contribution < 1.29 is 13.2 Å². The smallest absolute Gasteiger partial charge is 0.240 e. The highest BCUT2D eigenvalue weighted by molar-refractivity contribution is 7.89. The second-order valence-corrected chi connectivity index (χ2v) is 6.71. The molecule has 0 saturated heterocycles. The van der Waals surface area contributed by atoms with Gasteiger partial charge in [-0.05, 0) is 38.1 Å². The zero-order valence-electron chi connectivity index (χ0n) is 12.6. The van der Waals surface area contributed by atoms with E-state index in [4.69, 9.17) is 16.3 Å². The fraction of sp³-hybridized carbons (Fsp3) is 0.538. The number of likely N-dealkylation sites (N-methyl/N-ethyl adjacent to an activating group) is 1. The molecule has 1 aromatic carbocycles. The molecule has 0 radical (unpaired) electrons. The van der Waals surface area contributed by atoms with Gasteiger partial charge in [0.15, 0.2) is 0 Å². The minimum absolute atomic E-state index is 0. The molecule has 0 aliphatic carbocycles. The standard InChI is InChI=1S/C13H21ClN2O3S.ClH/c1-5-15-10(3)8-16-20(17,18)13-7-11(14)12(19-4)6-9(13)2;/h6-7,10,15-16H,5,8H2,1-4H3;1H/t10-;/m1./s1. The van der Waals surface area contributed by atoms with Gasteiger partial charge in [-0.15, -0.1) is 12.4 Å². The number of hydrogen-bond acceptors (Lipinski definition) is 4. The number of ether oxygens (including phenoxy) is 1. The molecule has 0 aliphatic rings. The van der Waals surface area contributed by atoms with E-state index in [1.807, 2.05) is 13.8 Å². The number of sulfonamides is 1. The van der Waals surface area contributed by atoms with E-state index in [9.17, 15) is 8.42 Å². The Hall–Kier alpha value is -0.530. The van der Waals surface area contributed by atoms with E-state index in [2.05, 4.69) is 10.0 Å². The van der Waals surface area contributed by atoms with Gasteiger partial charge in [-0.1, -0.05) is 18.5 Å². The van der Waals surface area contributed by atoms with Gasteiger partial charge in [-0.25, -0.2) is 13.1 Å². The lowest BCUT2D eigenvalue weighted by molar-refractivity contribution is 0.414. The van der Waals surface area contributed by atoms with Crippen molar-refractivity contribution in [2.24, 2.45) is 0 Å². The largest absolute Gasteiger partial charge is 0.495 e. The van der Waals surface area contributed by atoms with Crippen molar-refractivity contribution in [2.45, 2.75) is 31.7 Å². The zero-order chi connectivity index (χ0) is 15.3. The molecule has 122 valence electrons. The topological polar surface area (TPSA) is 67.4 Å². The van der Waals surface area contributed by atoms with Crippen LogP contribution in [0.15, 0.2) is 17.0 Å². The van der Waals surface area contributed by atoms with Crippen LogP contribution in [0.4, 0.5) is 0 Å². The van der Waals surface area contributed by atoms with E-state index in [0.29, 0.717) is 17.9 Å². The maximum atomic E-state index is 12.3. The second-order valence-electron chi connectivity index (χ2n) is 4.56. The number of nitrogens with one attached hydrogen (secondary N) is 2. The van der Waals surface area contributed by atoms with Crippen LogP contribution in [0.25, 0.3) is 0 Å². The highest BCUT2D eigenvalue weighted by Crippen LogP contribution is 2.29. The van der Waals surface area contributed by atoms with Crippen LogP contribution in [-0.2, 0) is 10.0 Å². The highest BCUT2D eigenvalue weighted by Gasteiger charge is 2.19. The average Bonchev–Trinajstić information content (AvgIpc) is 2.39. The van der Waals surface area contributed by atoms with Crippen LogP contribution in [0.5, 0.6) is 5.75 Å². The van der Waals surface area contributed by atoms with Crippen LogP contribution < -0.4 is 14.8 Å². The van der Waals surface area contributed by atoms with Crippen molar-refractivity contribution in [3.63, 3.8) is 0 Å². The molecule has 0 unspecified atom stereocenters. The number of methoxy groups -OCH3 is 1. The van der Waals surface area contributed by atoms with E-state index in [-0.39, 0.29) is 28.4 Å². The van der Waals surface area contributed by atoms with E-state index < -0.39 is 10.0 Å². The van der Waals surface area contributed by atoms with Crippen molar-refractivity contribution in [1.82, 2.24) is 10.0 Å². The lowest BCUT2D eigenvalue weighted by atomic mass is 10.2. The highest BCUT2D eigenvalue weighted by atomic mass is 35.5. The van der Waals surface area contributed by atoms with Crippen LogP contribution in [-0.4, -0.2) is 34.7 Å². The normalized spacial score (nSPS) is 12.6. The number of aryl methyl sites for hydroxylation is 1. The van der Waals surface area contributed by atoms with Crippen LogP contribution in [0.3, 0.4) is 0 Å². The third kappa shape index (κ3) is 5.64. The molecular formula is C13H22Cl2N2O3S. The monoisotopic (exact) mass is 356 g/mol. The van der Waals surface area contributed by atoms with E-state index in [1.54, 1.807) is 13.0 Å². The Morgan fingerprint density at radius 2 is 2.00 bits per heavy atom. The molecule has 1 atom stereocenters. The molecular weight excluding hydrogens is 335 g/mol. The Kier molecular flexibility index (Phi) is 8.58. The fourth-order valence-electron chi connectivity index (χ4n) is 1.82. The molecule has 2 N–H and O–H groups in total. The van der Waals surface area contributed by atoms with Gasteiger partial charge < -0.3 is 10.1 Å². The number of hydrogen-bond donors (Lipinski definition) is 2. The molecule has 0 amide bonds. The van der Waals surface area contributed by atoms with Crippen molar-refractivity contribution in [2.75, 3.05) is 20.2 Å². The molecule has 8 heteroatoms. The van der Waals surface area contributed by atoms with E-state index in [1.165, 1.54) is 13.2 Å².